The fraction of sp³-hybridized carbons (Fsp3) is 0.844. The molecule has 6 rings (SSSR count). The Bertz CT molecular complexity index is 1170. The van der Waals surface area contributed by atoms with Crippen molar-refractivity contribution in [1.29, 1.82) is 5.26 Å². The maximum atomic E-state index is 12.6. The number of fused-ring (bicyclic) bond motifs is 5. The Hall–Kier alpha value is -1.87. The number of nitriles is 1. The lowest BCUT2D eigenvalue weighted by atomic mass is 9.41. The van der Waals surface area contributed by atoms with Crippen molar-refractivity contribution in [3.8, 4) is 6.07 Å². The van der Waals surface area contributed by atoms with E-state index < -0.39 is 35.1 Å². The number of aliphatic hydroxyl groups is 3. The summed E-state index contributed by atoms with van der Waals surface area (Å²) in [5.41, 5.74) is -2.10. The van der Waals surface area contributed by atoms with Crippen LogP contribution in [0.15, 0.2) is 16.6 Å². The molecular weight excluding hydrogens is 540 g/mol. The van der Waals surface area contributed by atoms with E-state index in [1.807, 2.05) is 13.1 Å². The van der Waals surface area contributed by atoms with Crippen LogP contribution in [0.25, 0.3) is 0 Å². The zero-order valence-electron chi connectivity index (χ0n) is 25.0. The van der Waals surface area contributed by atoms with Crippen LogP contribution in [0.3, 0.4) is 0 Å². The zero-order chi connectivity index (χ0) is 29.9. The summed E-state index contributed by atoms with van der Waals surface area (Å²) in [6.45, 7) is 4.32. The number of aliphatic imine (C=N–C) groups is 1. The van der Waals surface area contributed by atoms with Crippen LogP contribution in [0.5, 0.6) is 0 Å². The van der Waals surface area contributed by atoms with E-state index in [0.717, 1.165) is 24.8 Å². The number of aliphatic hydroxyl groups excluding tert-OH is 1. The van der Waals surface area contributed by atoms with Gasteiger partial charge in [0.25, 0.3) is 0 Å². The summed E-state index contributed by atoms with van der Waals surface area (Å²) in [7, 11) is 1.58. The second kappa shape index (κ2) is 10.9. The van der Waals surface area contributed by atoms with Crippen molar-refractivity contribution in [2.45, 2.75) is 120 Å². The van der Waals surface area contributed by atoms with Crippen LogP contribution in [-0.2, 0) is 23.7 Å². The Morgan fingerprint density at radius 3 is 2.67 bits per heavy atom. The molecule has 2 aliphatic heterocycles. The molecule has 5 fully saturated rings. The molecule has 0 aromatic heterocycles. The molecule has 0 aromatic rings. The van der Waals surface area contributed by atoms with E-state index >= 15 is 0 Å². The number of cyclic esters (lactones) is 1. The number of carbonyl (C=O) groups excluding carboxylic acids is 1. The topological polar surface area (TPSA) is 151 Å². The highest BCUT2D eigenvalue weighted by atomic mass is 16.7. The van der Waals surface area contributed by atoms with Crippen LogP contribution >= 0.6 is 0 Å². The first-order valence-corrected chi connectivity index (χ1v) is 15.7. The summed E-state index contributed by atoms with van der Waals surface area (Å²) in [5.74, 6) is -0.229. The molecular formula is C32H46N2O8. The van der Waals surface area contributed by atoms with E-state index in [2.05, 4.69) is 18.0 Å². The fourth-order valence-corrected chi connectivity index (χ4v) is 10.3. The first kappa shape index (κ1) is 30.2. The van der Waals surface area contributed by atoms with E-state index in [1.165, 1.54) is 0 Å². The van der Waals surface area contributed by atoms with Crippen LogP contribution in [-0.4, -0.2) is 89.7 Å². The van der Waals surface area contributed by atoms with Gasteiger partial charge >= 0.3 is 5.97 Å². The highest BCUT2D eigenvalue weighted by molar-refractivity contribution is 5.85. The highest BCUT2D eigenvalue weighted by Gasteiger charge is 2.71. The van der Waals surface area contributed by atoms with Crippen LogP contribution in [0, 0.1) is 39.9 Å². The summed E-state index contributed by atoms with van der Waals surface area (Å²) in [4.78, 5) is 16.4. The third kappa shape index (κ3) is 4.50. The molecule has 0 amide bonds. The zero-order valence-corrected chi connectivity index (χ0v) is 25.0. The second-order valence-electron chi connectivity index (χ2n) is 14.0. The first-order chi connectivity index (χ1) is 20.0. The van der Waals surface area contributed by atoms with Gasteiger partial charge in [-0.1, -0.05) is 6.92 Å². The molecule has 4 aliphatic carbocycles. The fourth-order valence-electron chi connectivity index (χ4n) is 10.3. The standard InChI is InChI=1S/C32H46N2O8/c1-19-28(36)25(39-3)15-27(41-19)42-21-4-9-30(18-34-13-12-33)23-5-8-29(2)22(20-14-26(35)40-17-20)7-11-32(29,38)24(23)6-10-31(30,37)16-21/h14,18-19,21-25,27-28,36-38H,4-11,13,15-17H2,1-3H3/t19-,21+,22-,23-,24+,25+,27-,28+,29+,30-,31-,32-/m0/s1. The van der Waals surface area contributed by atoms with E-state index in [0.29, 0.717) is 51.6 Å². The van der Waals surface area contributed by atoms with Crippen molar-refractivity contribution in [3.63, 3.8) is 0 Å². The molecule has 10 nitrogen and oxygen atoms in total. The van der Waals surface area contributed by atoms with Gasteiger partial charge in [-0.15, -0.1) is 0 Å². The number of methoxy groups -OCH3 is 1. The van der Waals surface area contributed by atoms with E-state index in [-0.39, 0.29) is 47.9 Å². The van der Waals surface area contributed by atoms with Crippen molar-refractivity contribution < 1.29 is 39.1 Å². The SMILES string of the molecule is CO[C@@H]1C[C@H](O[C@@H]2CC[C@]3(C=NCC#N)[C@H]4CC[C@]5(C)[C@H](C6=CC(=O)OC6)CC[C@]5(O)[C@@H]4CC[C@]3(O)C2)O[C@@H](C)[C@H]1O. The van der Waals surface area contributed by atoms with E-state index in [1.54, 1.807) is 13.2 Å². The number of carbonyl (C=O) groups is 1. The number of hydrogen-bond donors (Lipinski definition) is 3. The van der Waals surface area contributed by atoms with Crippen LogP contribution in [0.4, 0.5) is 0 Å². The summed E-state index contributed by atoms with van der Waals surface area (Å²) >= 11 is 0. The largest absolute Gasteiger partial charge is 0.458 e. The Kier molecular flexibility index (Phi) is 7.85. The van der Waals surface area contributed by atoms with Crippen molar-refractivity contribution in [1.82, 2.24) is 0 Å². The lowest BCUT2D eigenvalue weighted by Crippen LogP contribution is -2.69. The number of hydrogen-bond acceptors (Lipinski definition) is 10. The number of esters is 1. The molecule has 3 N–H and O–H groups in total. The van der Waals surface area contributed by atoms with Crippen molar-refractivity contribution in [2.75, 3.05) is 20.3 Å². The molecule has 6 aliphatic rings. The minimum atomic E-state index is -1.10. The van der Waals surface area contributed by atoms with Crippen molar-refractivity contribution in [3.05, 3.63) is 11.6 Å². The quantitative estimate of drug-likeness (QED) is 0.185. The van der Waals surface area contributed by atoms with Crippen LogP contribution < -0.4 is 0 Å². The summed E-state index contributed by atoms with van der Waals surface area (Å²) < 4.78 is 23.1. The molecule has 42 heavy (non-hydrogen) atoms. The average Bonchev–Trinajstić information content (AvgIpc) is 3.50. The van der Waals surface area contributed by atoms with Crippen LogP contribution in [0.2, 0.25) is 0 Å². The Morgan fingerprint density at radius 1 is 1.17 bits per heavy atom. The van der Waals surface area contributed by atoms with E-state index in [4.69, 9.17) is 18.9 Å². The van der Waals surface area contributed by atoms with Crippen molar-refractivity contribution >= 4 is 12.2 Å². The lowest BCUT2D eigenvalue weighted by Gasteiger charge is -2.66. The van der Waals surface area contributed by atoms with Gasteiger partial charge in [0.1, 0.15) is 19.3 Å². The normalized spacial score (nSPS) is 50.4. The van der Waals surface area contributed by atoms with Gasteiger partial charge in [0, 0.05) is 43.1 Å². The van der Waals surface area contributed by atoms with Gasteiger partial charge in [-0.25, -0.2) is 4.79 Å². The second-order valence-corrected chi connectivity index (χ2v) is 14.0. The molecule has 12 atom stereocenters. The Morgan fingerprint density at radius 2 is 1.95 bits per heavy atom. The lowest BCUT2D eigenvalue weighted by molar-refractivity contribution is -0.284. The predicted octanol–water partition coefficient (Wildman–Crippen LogP) is 2.83. The van der Waals surface area contributed by atoms with Gasteiger partial charge in [-0.05, 0) is 81.6 Å². The van der Waals surface area contributed by atoms with Gasteiger partial charge < -0.3 is 34.3 Å². The molecule has 10 heteroatoms. The van der Waals surface area contributed by atoms with Gasteiger partial charge in [-0.2, -0.15) is 5.26 Å². The Balaban J connectivity index is 1.26. The maximum Gasteiger partial charge on any atom is 0.331 e. The monoisotopic (exact) mass is 586 g/mol. The van der Waals surface area contributed by atoms with Gasteiger partial charge in [0.15, 0.2) is 6.29 Å². The predicted molar refractivity (Wildman–Crippen MR) is 151 cm³/mol. The minimum Gasteiger partial charge on any atom is -0.458 e. The molecule has 0 bridgehead atoms. The van der Waals surface area contributed by atoms with Gasteiger partial charge in [0.05, 0.1) is 35.6 Å². The molecule has 0 radical (unpaired) electrons. The highest BCUT2D eigenvalue weighted by Crippen LogP contribution is 2.70. The summed E-state index contributed by atoms with van der Waals surface area (Å²) in [6.07, 6.45) is 7.57. The number of rotatable bonds is 6. The molecule has 4 saturated carbocycles. The maximum absolute atomic E-state index is 12.6. The molecule has 2 heterocycles. The van der Waals surface area contributed by atoms with Gasteiger partial charge in [0.2, 0.25) is 0 Å². The minimum absolute atomic E-state index is 0.00544. The third-order valence-electron chi connectivity index (χ3n) is 12.4. The first-order valence-electron chi connectivity index (χ1n) is 15.7. The molecule has 0 unspecified atom stereocenters. The third-order valence-corrected chi connectivity index (χ3v) is 12.4. The van der Waals surface area contributed by atoms with Crippen molar-refractivity contribution in [2.24, 2.45) is 33.6 Å². The molecule has 232 valence electrons. The number of nitrogens with zero attached hydrogens (tertiary/aromatic N) is 2. The summed E-state index contributed by atoms with van der Waals surface area (Å²) in [5, 5.41) is 44.7. The number of ether oxygens (including phenoxy) is 4. The Labute approximate surface area is 248 Å². The molecule has 1 saturated heterocycles. The smallest absolute Gasteiger partial charge is 0.331 e. The van der Waals surface area contributed by atoms with Gasteiger partial charge in [-0.3, -0.25) is 4.99 Å². The average molecular weight is 587 g/mol. The van der Waals surface area contributed by atoms with Crippen LogP contribution in [0.1, 0.15) is 78.1 Å². The molecule has 0 aromatic carbocycles. The van der Waals surface area contributed by atoms with E-state index in [9.17, 15) is 25.4 Å². The molecule has 0 spiro atoms. The summed E-state index contributed by atoms with van der Waals surface area (Å²) in [6, 6.07) is 2.11.